The first-order valence-corrected chi connectivity index (χ1v) is 16.9. The van der Waals surface area contributed by atoms with E-state index in [1.807, 2.05) is 74.5 Å². The molecule has 0 saturated heterocycles. The van der Waals surface area contributed by atoms with E-state index < -0.39 is 30.3 Å². The lowest BCUT2D eigenvalue weighted by Crippen LogP contribution is -2.51. The van der Waals surface area contributed by atoms with Gasteiger partial charge in [-0.1, -0.05) is 119 Å². The molecule has 0 spiro atoms. The standard InChI is InChI=1S/C37H54N2O5/c1-26(2)20-33(40)36(43)32(22-27-12-6-3-7-13-27)38-37(44)31(21-28-18-19-28)23-35(42)39(24-29-14-8-4-9-15-29)25-34(41)30-16-10-5-11-17-30/h4-5,8-11,14-17,26-28,31-34,36,40-41,43H,3,6-7,12-13,18-25H2,1-2H3,(H,38,44)/t31-,32+,33+,34+,36-/m1/s1. The summed E-state index contributed by atoms with van der Waals surface area (Å²) in [5.74, 6) is 0.112. The lowest BCUT2D eigenvalue weighted by atomic mass is 9.82. The monoisotopic (exact) mass is 606 g/mol. The molecule has 2 aliphatic rings. The van der Waals surface area contributed by atoms with Gasteiger partial charge in [-0.15, -0.1) is 0 Å². The van der Waals surface area contributed by atoms with E-state index in [2.05, 4.69) is 5.32 Å². The van der Waals surface area contributed by atoms with E-state index in [0.717, 1.165) is 49.7 Å². The highest BCUT2D eigenvalue weighted by atomic mass is 16.3. The molecular formula is C37H54N2O5. The number of aliphatic hydroxyl groups is 3. The second kappa shape index (κ2) is 17.1. The minimum absolute atomic E-state index is 0.0392. The van der Waals surface area contributed by atoms with Crippen LogP contribution in [0.1, 0.15) is 102 Å². The Kier molecular flexibility index (Phi) is 13.3. The lowest BCUT2D eigenvalue weighted by molar-refractivity contribution is -0.139. The summed E-state index contributed by atoms with van der Waals surface area (Å²) in [5.41, 5.74) is 1.70. The van der Waals surface area contributed by atoms with Crippen molar-refractivity contribution in [2.45, 2.75) is 115 Å². The van der Waals surface area contributed by atoms with Crippen LogP contribution in [0, 0.1) is 23.7 Å². The number of nitrogens with zero attached hydrogens (tertiary/aromatic N) is 1. The van der Waals surface area contributed by atoms with Crippen molar-refractivity contribution in [2.75, 3.05) is 6.54 Å². The van der Waals surface area contributed by atoms with Crippen molar-refractivity contribution in [2.24, 2.45) is 23.7 Å². The Bertz CT molecular complexity index is 1130. The molecule has 2 aromatic rings. The van der Waals surface area contributed by atoms with Crippen molar-refractivity contribution in [1.82, 2.24) is 10.2 Å². The van der Waals surface area contributed by atoms with E-state index in [0.29, 0.717) is 37.6 Å². The SMILES string of the molecule is CC(C)C[C@H](O)[C@H](O)[C@H](CC1CCCCC1)NC(=O)[C@@H](CC(=O)N(Cc1ccccc1)C[C@H](O)c1ccccc1)CC1CC1. The Morgan fingerprint density at radius 1 is 0.841 bits per heavy atom. The van der Waals surface area contributed by atoms with Crippen LogP contribution in [0.15, 0.2) is 60.7 Å². The zero-order valence-corrected chi connectivity index (χ0v) is 26.7. The molecule has 0 aliphatic heterocycles. The van der Waals surface area contributed by atoms with E-state index in [1.165, 1.54) is 6.42 Å². The number of carbonyl (C=O) groups is 2. The highest BCUT2D eigenvalue weighted by Crippen LogP contribution is 2.37. The summed E-state index contributed by atoms with van der Waals surface area (Å²) in [6.07, 6.45) is 6.70. The van der Waals surface area contributed by atoms with Gasteiger partial charge in [0, 0.05) is 18.9 Å². The van der Waals surface area contributed by atoms with Gasteiger partial charge < -0.3 is 25.5 Å². The first-order valence-electron chi connectivity index (χ1n) is 16.9. The van der Waals surface area contributed by atoms with E-state index in [-0.39, 0.29) is 30.7 Å². The van der Waals surface area contributed by atoms with Crippen molar-refractivity contribution in [1.29, 1.82) is 0 Å². The number of hydrogen-bond acceptors (Lipinski definition) is 5. The van der Waals surface area contributed by atoms with Crippen LogP contribution in [0.25, 0.3) is 0 Å². The second-order valence-corrected chi connectivity index (χ2v) is 13.8. The molecular weight excluding hydrogens is 552 g/mol. The van der Waals surface area contributed by atoms with Gasteiger partial charge in [-0.25, -0.2) is 0 Å². The molecule has 2 aliphatic carbocycles. The molecule has 7 heteroatoms. The molecule has 0 aromatic heterocycles. The van der Waals surface area contributed by atoms with Crippen LogP contribution >= 0.6 is 0 Å². The summed E-state index contributed by atoms with van der Waals surface area (Å²) in [5, 5.41) is 36.3. The Labute approximate surface area is 264 Å². The minimum Gasteiger partial charge on any atom is -0.390 e. The first kappa shape index (κ1) is 34.1. The fourth-order valence-electron chi connectivity index (χ4n) is 6.68. The molecule has 242 valence electrons. The summed E-state index contributed by atoms with van der Waals surface area (Å²) < 4.78 is 0. The number of nitrogens with one attached hydrogen (secondary N) is 1. The predicted molar refractivity (Wildman–Crippen MR) is 173 cm³/mol. The van der Waals surface area contributed by atoms with E-state index >= 15 is 0 Å². The van der Waals surface area contributed by atoms with Crippen LogP contribution < -0.4 is 5.32 Å². The molecule has 0 unspecified atom stereocenters. The van der Waals surface area contributed by atoms with E-state index in [4.69, 9.17) is 0 Å². The quantitative estimate of drug-likeness (QED) is 0.183. The molecule has 2 saturated carbocycles. The molecule has 2 aromatic carbocycles. The Hall–Kier alpha value is -2.74. The van der Waals surface area contributed by atoms with Gasteiger partial charge in [0.1, 0.15) is 6.10 Å². The van der Waals surface area contributed by atoms with E-state index in [1.54, 1.807) is 4.90 Å². The second-order valence-electron chi connectivity index (χ2n) is 13.8. The van der Waals surface area contributed by atoms with Gasteiger partial charge in [-0.05, 0) is 48.1 Å². The number of benzene rings is 2. The van der Waals surface area contributed by atoms with Gasteiger partial charge in [0.2, 0.25) is 11.8 Å². The number of amides is 2. The van der Waals surface area contributed by atoms with Crippen LogP contribution in [0.2, 0.25) is 0 Å². The topological polar surface area (TPSA) is 110 Å². The van der Waals surface area contributed by atoms with Crippen LogP contribution in [-0.4, -0.2) is 56.8 Å². The third-order valence-corrected chi connectivity index (χ3v) is 9.41. The Morgan fingerprint density at radius 2 is 1.45 bits per heavy atom. The number of aliphatic hydroxyl groups excluding tert-OH is 3. The maximum Gasteiger partial charge on any atom is 0.223 e. The normalized spacial score (nSPS) is 19.1. The summed E-state index contributed by atoms with van der Waals surface area (Å²) in [4.78, 5) is 29.6. The number of carbonyl (C=O) groups excluding carboxylic acids is 2. The summed E-state index contributed by atoms with van der Waals surface area (Å²) in [6.45, 7) is 4.49. The van der Waals surface area contributed by atoms with Crippen molar-refractivity contribution in [3.63, 3.8) is 0 Å². The maximum atomic E-state index is 13.9. The highest BCUT2D eigenvalue weighted by molar-refractivity contribution is 5.86. The van der Waals surface area contributed by atoms with Crippen LogP contribution in [0.5, 0.6) is 0 Å². The smallest absolute Gasteiger partial charge is 0.223 e. The molecule has 0 radical (unpaired) electrons. The number of rotatable bonds is 17. The lowest BCUT2D eigenvalue weighted by Gasteiger charge is -2.34. The van der Waals surface area contributed by atoms with Crippen molar-refractivity contribution >= 4 is 11.8 Å². The fourth-order valence-corrected chi connectivity index (χ4v) is 6.68. The average molecular weight is 607 g/mol. The van der Waals surface area contributed by atoms with Gasteiger partial charge in [-0.3, -0.25) is 9.59 Å². The summed E-state index contributed by atoms with van der Waals surface area (Å²) in [6, 6.07) is 18.5. The molecule has 2 fully saturated rings. The molecule has 0 heterocycles. The fraction of sp³-hybridized carbons (Fsp3) is 0.622. The first-order chi connectivity index (χ1) is 21.2. The zero-order chi connectivity index (χ0) is 31.5. The molecule has 5 atom stereocenters. The summed E-state index contributed by atoms with van der Waals surface area (Å²) in [7, 11) is 0. The average Bonchev–Trinajstić information content (AvgIpc) is 3.85. The molecule has 4 N–H and O–H groups in total. The number of hydrogen-bond donors (Lipinski definition) is 4. The minimum atomic E-state index is -1.06. The molecule has 4 rings (SSSR count). The van der Waals surface area contributed by atoms with Gasteiger partial charge in [0.05, 0.1) is 24.8 Å². The van der Waals surface area contributed by atoms with Crippen molar-refractivity contribution in [3.05, 3.63) is 71.8 Å². The van der Waals surface area contributed by atoms with Crippen molar-refractivity contribution < 1.29 is 24.9 Å². The Balaban J connectivity index is 1.49. The van der Waals surface area contributed by atoms with E-state index in [9.17, 15) is 24.9 Å². The highest BCUT2D eigenvalue weighted by Gasteiger charge is 2.36. The predicted octanol–water partition coefficient (Wildman–Crippen LogP) is 5.78. The Morgan fingerprint density at radius 3 is 2.07 bits per heavy atom. The molecule has 44 heavy (non-hydrogen) atoms. The van der Waals surface area contributed by atoms with Gasteiger partial charge in [0.15, 0.2) is 0 Å². The summed E-state index contributed by atoms with van der Waals surface area (Å²) >= 11 is 0. The van der Waals surface area contributed by atoms with Gasteiger partial charge in [-0.2, -0.15) is 0 Å². The zero-order valence-electron chi connectivity index (χ0n) is 26.7. The maximum absolute atomic E-state index is 13.9. The largest absolute Gasteiger partial charge is 0.390 e. The van der Waals surface area contributed by atoms with Crippen LogP contribution in [0.3, 0.4) is 0 Å². The third kappa shape index (κ3) is 11.0. The molecule has 2 amide bonds. The van der Waals surface area contributed by atoms with Crippen LogP contribution in [-0.2, 0) is 16.1 Å². The van der Waals surface area contributed by atoms with Crippen molar-refractivity contribution in [3.8, 4) is 0 Å². The molecule has 7 nitrogen and oxygen atoms in total. The van der Waals surface area contributed by atoms with Gasteiger partial charge in [0.25, 0.3) is 0 Å². The van der Waals surface area contributed by atoms with Crippen LogP contribution in [0.4, 0.5) is 0 Å². The third-order valence-electron chi connectivity index (χ3n) is 9.41. The van der Waals surface area contributed by atoms with Gasteiger partial charge >= 0.3 is 0 Å². The molecule has 0 bridgehead atoms.